The van der Waals surface area contributed by atoms with Crippen molar-refractivity contribution >= 4 is 34.2 Å². The number of esters is 1. The maximum atomic E-state index is 12.9. The van der Waals surface area contributed by atoms with Gasteiger partial charge >= 0.3 is 11.9 Å². The lowest BCUT2D eigenvalue weighted by atomic mass is 10.0. The Hall–Kier alpha value is -2.78. The lowest BCUT2D eigenvalue weighted by molar-refractivity contribution is -0.143. The standard InChI is InChI=1S/C19H22N2O6S/c1-11-15(12-6-5-7-20-8-12)16(18(25)27-19(2,3)4)17(28-11)21-13(22)9-26-10-14(23)24/h5-8H,9-10H2,1-4H3,(H,21,22)(H,23,24). The Morgan fingerprint density at radius 1 is 1.25 bits per heavy atom. The first kappa shape index (κ1) is 21.5. The molecule has 0 spiro atoms. The molecule has 0 bridgehead atoms. The highest BCUT2D eigenvalue weighted by Gasteiger charge is 2.28. The molecule has 0 saturated heterocycles. The number of pyridine rings is 1. The molecule has 0 aliphatic rings. The van der Waals surface area contributed by atoms with E-state index in [-0.39, 0.29) is 5.56 Å². The van der Waals surface area contributed by atoms with E-state index in [0.717, 1.165) is 10.4 Å². The zero-order chi connectivity index (χ0) is 20.9. The van der Waals surface area contributed by atoms with Crippen LogP contribution >= 0.6 is 11.3 Å². The van der Waals surface area contributed by atoms with E-state index in [4.69, 9.17) is 14.6 Å². The largest absolute Gasteiger partial charge is 0.480 e. The van der Waals surface area contributed by atoms with Crippen LogP contribution < -0.4 is 5.32 Å². The van der Waals surface area contributed by atoms with Crippen molar-refractivity contribution < 1.29 is 29.0 Å². The predicted octanol–water partition coefficient (Wildman–Crippen LogP) is 3.11. The molecule has 2 N–H and O–H groups in total. The Balaban J connectivity index is 2.38. The van der Waals surface area contributed by atoms with Crippen LogP contribution in [0, 0.1) is 6.92 Å². The van der Waals surface area contributed by atoms with E-state index in [9.17, 15) is 14.4 Å². The van der Waals surface area contributed by atoms with Crippen molar-refractivity contribution in [2.45, 2.75) is 33.3 Å². The van der Waals surface area contributed by atoms with Crippen LogP contribution in [0.1, 0.15) is 36.0 Å². The third-order valence-electron chi connectivity index (χ3n) is 3.35. The zero-order valence-electron chi connectivity index (χ0n) is 16.1. The smallest absolute Gasteiger partial charge is 0.342 e. The van der Waals surface area contributed by atoms with Crippen LogP contribution in [-0.4, -0.2) is 46.8 Å². The molecule has 2 aromatic heterocycles. The molecule has 9 heteroatoms. The second kappa shape index (κ2) is 8.94. The van der Waals surface area contributed by atoms with E-state index < -0.39 is 36.7 Å². The van der Waals surface area contributed by atoms with Crippen LogP contribution in [-0.2, 0) is 19.1 Å². The number of nitrogens with zero attached hydrogens (tertiary/aromatic N) is 1. The maximum Gasteiger partial charge on any atom is 0.342 e. The topological polar surface area (TPSA) is 115 Å². The molecule has 0 unspecified atom stereocenters. The summed E-state index contributed by atoms with van der Waals surface area (Å²) in [5.74, 6) is -2.31. The third kappa shape index (κ3) is 5.86. The number of carboxylic acid groups (broad SMARTS) is 1. The van der Waals surface area contributed by atoms with Crippen molar-refractivity contribution in [1.29, 1.82) is 0 Å². The average Bonchev–Trinajstić information content (AvgIpc) is 2.89. The number of thiophene rings is 1. The second-order valence-corrected chi connectivity index (χ2v) is 8.14. The quantitative estimate of drug-likeness (QED) is 0.679. The van der Waals surface area contributed by atoms with Crippen LogP contribution in [0.25, 0.3) is 11.1 Å². The number of carbonyl (C=O) groups excluding carboxylic acids is 2. The molecule has 0 fully saturated rings. The van der Waals surface area contributed by atoms with E-state index in [1.807, 2.05) is 13.0 Å². The molecule has 0 saturated carbocycles. The molecule has 2 rings (SSSR count). The van der Waals surface area contributed by atoms with E-state index in [1.165, 1.54) is 11.3 Å². The minimum absolute atomic E-state index is 0.233. The third-order valence-corrected chi connectivity index (χ3v) is 4.37. The molecule has 28 heavy (non-hydrogen) atoms. The first-order chi connectivity index (χ1) is 13.1. The lowest BCUT2D eigenvalue weighted by Gasteiger charge is -2.20. The number of rotatable bonds is 7. The minimum Gasteiger partial charge on any atom is -0.480 e. The first-order valence-electron chi connectivity index (χ1n) is 8.45. The fraction of sp³-hybridized carbons (Fsp3) is 0.368. The van der Waals surface area contributed by atoms with Crippen molar-refractivity contribution in [2.24, 2.45) is 0 Å². The van der Waals surface area contributed by atoms with Crippen molar-refractivity contribution in [1.82, 2.24) is 4.98 Å². The minimum atomic E-state index is -1.17. The van der Waals surface area contributed by atoms with Gasteiger partial charge in [-0.1, -0.05) is 6.07 Å². The maximum absolute atomic E-state index is 12.9. The summed E-state index contributed by atoms with van der Waals surface area (Å²) in [6.07, 6.45) is 3.26. The number of aryl methyl sites for hydroxylation is 1. The van der Waals surface area contributed by atoms with Gasteiger partial charge in [0.25, 0.3) is 5.91 Å². The summed E-state index contributed by atoms with van der Waals surface area (Å²) in [5.41, 5.74) is 0.871. The van der Waals surface area contributed by atoms with E-state index in [0.29, 0.717) is 10.6 Å². The van der Waals surface area contributed by atoms with Crippen molar-refractivity contribution in [3.05, 3.63) is 35.0 Å². The number of ether oxygens (including phenoxy) is 2. The lowest BCUT2D eigenvalue weighted by Crippen LogP contribution is -2.25. The summed E-state index contributed by atoms with van der Waals surface area (Å²) in [5, 5.41) is 11.5. The van der Waals surface area contributed by atoms with Gasteiger partial charge in [0.15, 0.2) is 0 Å². The molecule has 0 aliphatic carbocycles. The predicted molar refractivity (Wildman–Crippen MR) is 105 cm³/mol. The SMILES string of the molecule is Cc1sc(NC(=O)COCC(=O)O)c(C(=O)OC(C)(C)C)c1-c1cccnc1. The van der Waals surface area contributed by atoms with E-state index >= 15 is 0 Å². The zero-order valence-corrected chi connectivity index (χ0v) is 16.9. The van der Waals surface area contributed by atoms with Gasteiger partial charge in [-0.25, -0.2) is 9.59 Å². The van der Waals surface area contributed by atoms with Crippen molar-refractivity contribution in [3.63, 3.8) is 0 Å². The molecule has 0 radical (unpaired) electrons. The van der Waals surface area contributed by atoms with E-state index in [1.54, 1.807) is 39.2 Å². The van der Waals surface area contributed by atoms with Crippen LogP contribution in [0.3, 0.4) is 0 Å². The van der Waals surface area contributed by atoms with Crippen molar-refractivity contribution in [3.8, 4) is 11.1 Å². The Bertz CT molecular complexity index is 871. The summed E-state index contributed by atoms with van der Waals surface area (Å²) in [6, 6.07) is 3.57. The molecule has 2 heterocycles. The van der Waals surface area contributed by atoms with Gasteiger partial charge in [0, 0.05) is 28.4 Å². The number of aliphatic carboxylic acids is 1. The average molecular weight is 406 g/mol. The molecule has 2 aromatic rings. The molecular formula is C19H22N2O6S. The Morgan fingerprint density at radius 3 is 2.54 bits per heavy atom. The molecule has 8 nitrogen and oxygen atoms in total. The highest BCUT2D eigenvalue weighted by atomic mass is 32.1. The van der Waals surface area contributed by atoms with Gasteiger partial charge in [0.1, 0.15) is 29.4 Å². The van der Waals surface area contributed by atoms with Crippen LogP contribution in [0.4, 0.5) is 5.00 Å². The molecule has 0 aliphatic heterocycles. The molecule has 150 valence electrons. The molecule has 1 amide bonds. The molecular weight excluding hydrogens is 384 g/mol. The highest BCUT2D eigenvalue weighted by molar-refractivity contribution is 7.17. The van der Waals surface area contributed by atoms with Crippen LogP contribution in [0.15, 0.2) is 24.5 Å². The molecule has 0 aromatic carbocycles. The van der Waals surface area contributed by atoms with Gasteiger partial charge in [0.2, 0.25) is 0 Å². The van der Waals surface area contributed by atoms with E-state index in [2.05, 4.69) is 10.3 Å². The summed E-state index contributed by atoms with van der Waals surface area (Å²) >= 11 is 1.23. The van der Waals surface area contributed by atoms with Gasteiger partial charge in [-0.3, -0.25) is 9.78 Å². The number of nitrogens with one attached hydrogen (secondary N) is 1. The van der Waals surface area contributed by atoms with Crippen LogP contribution in [0.2, 0.25) is 0 Å². The van der Waals surface area contributed by atoms with Gasteiger partial charge < -0.3 is 19.9 Å². The van der Waals surface area contributed by atoms with Gasteiger partial charge in [-0.15, -0.1) is 11.3 Å². The summed E-state index contributed by atoms with van der Waals surface area (Å²) in [7, 11) is 0. The fourth-order valence-electron chi connectivity index (χ4n) is 2.41. The van der Waals surface area contributed by atoms with Crippen LogP contribution in [0.5, 0.6) is 0 Å². The van der Waals surface area contributed by atoms with Crippen molar-refractivity contribution in [2.75, 3.05) is 18.5 Å². The Kier molecular flexibility index (Phi) is 6.87. The number of anilines is 1. The Labute approximate surface area is 166 Å². The number of aromatic nitrogens is 1. The number of hydrogen-bond acceptors (Lipinski definition) is 7. The van der Waals surface area contributed by atoms with Gasteiger partial charge in [0.05, 0.1) is 0 Å². The monoisotopic (exact) mass is 406 g/mol. The second-order valence-electron chi connectivity index (χ2n) is 6.92. The number of carboxylic acids is 1. The number of hydrogen-bond donors (Lipinski definition) is 2. The highest BCUT2D eigenvalue weighted by Crippen LogP contribution is 2.40. The number of amides is 1. The van der Waals surface area contributed by atoms with Gasteiger partial charge in [-0.05, 0) is 33.8 Å². The fourth-order valence-corrected chi connectivity index (χ4v) is 3.49. The number of carbonyl (C=O) groups is 3. The summed E-state index contributed by atoms with van der Waals surface area (Å²) in [4.78, 5) is 40.4. The van der Waals surface area contributed by atoms with Gasteiger partial charge in [-0.2, -0.15) is 0 Å². The molecule has 0 atom stereocenters. The first-order valence-corrected chi connectivity index (χ1v) is 9.26. The summed E-state index contributed by atoms with van der Waals surface area (Å²) in [6.45, 7) is 6.07. The Morgan fingerprint density at radius 2 is 1.96 bits per heavy atom. The normalized spacial score (nSPS) is 11.1. The summed E-state index contributed by atoms with van der Waals surface area (Å²) < 4.78 is 10.3.